The van der Waals surface area contributed by atoms with Gasteiger partial charge < -0.3 is 5.11 Å². The number of carbonyl (C=O) groups is 1. The zero-order valence-electron chi connectivity index (χ0n) is 11.5. The number of hydrogen-bond acceptors (Lipinski definition) is 5. The summed E-state index contributed by atoms with van der Waals surface area (Å²) < 4.78 is 2.39. The highest BCUT2D eigenvalue weighted by atomic mass is 32.1. The van der Waals surface area contributed by atoms with Crippen LogP contribution in [0.25, 0.3) is 10.2 Å². The molecule has 7 nitrogen and oxygen atoms in total. The third kappa shape index (κ3) is 2.23. The van der Waals surface area contributed by atoms with Gasteiger partial charge in [-0.05, 0) is 23.8 Å². The highest BCUT2D eigenvalue weighted by molar-refractivity contribution is 7.20. The molecule has 0 fully saturated rings. The van der Waals surface area contributed by atoms with Crippen molar-refractivity contribution in [2.75, 3.05) is 0 Å². The number of aromatic nitrogens is 3. The lowest BCUT2D eigenvalue weighted by molar-refractivity contribution is 0.0702. The molecule has 3 heterocycles. The zero-order chi connectivity index (χ0) is 15.9. The molecule has 1 N–H and O–H groups in total. The Morgan fingerprint density at radius 1 is 1.32 bits per heavy atom. The van der Waals surface area contributed by atoms with Crippen molar-refractivity contribution in [1.29, 1.82) is 0 Å². The van der Waals surface area contributed by atoms with Gasteiger partial charge in [-0.15, -0.1) is 11.3 Å². The number of pyridine rings is 1. The summed E-state index contributed by atoms with van der Waals surface area (Å²) in [6, 6.07) is 4.74. The summed E-state index contributed by atoms with van der Waals surface area (Å²) in [6.45, 7) is 0.113. The fourth-order valence-electron chi connectivity index (χ4n) is 2.20. The number of rotatable bonds is 3. The van der Waals surface area contributed by atoms with E-state index < -0.39 is 17.2 Å². The van der Waals surface area contributed by atoms with Crippen LogP contribution in [0, 0.1) is 0 Å². The van der Waals surface area contributed by atoms with Gasteiger partial charge in [0.1, 0.15) is 9.71 Å². The van der Waals surface area contributed by atoms with E-state index in [1.165, 1.54) is 17.7 Å². The van der Waals surface area contributed by atoms with E-state index in [4.69, 9.17) is 5.11 Å². The van der Waals surface area contributed by atoms with Gasteiger partial charge in [0.25, 0.3) is 5.56 Å². The van der Waals surface area contributed by atoms with Crippen molar-refractivity contribution < 1.29 is 9.90 Å². The summed E-state index contributed by atoms with van der Waals surface area (Å²) in [6.07, 6.45) is 3.16. The lowest BCUT2D eigenvalue weighted by Crippen LogP contribution is -2.38. The molecule has 0 aliphatic rings. The maximum atomic E-state index is 12.5. The van der Waals surface area contributed by atoms with Gasteiger partial charge >= 0.3 is 11.7 Å². The molecule has 0 spiro atoms. The van der Waals surface area contributed by atoms with Crippen molar-refractivity contribution in [3.05, 3.63) is 61.9 Å². The zero-order valence-corrected chi connectivity index (χ0v) is 12.3. The van der Waals surface area contributed by atoms with E-state index in [0.717, 1.165) is 21.5 Å². The Morgan fingerprint density at radius 3 is 2.64 bits per heavy atom. The number of aromatic carboxylic acids is 1. The first-order valence-electron chi connectivity index (χ1n) is 6.34. The molecule has 0 saturated carbocycles. The third-order valence-electron chi connectivity index (χ3n) is 3.31. The summed E-state index contributed by atoms with van der Waals surface area (Å²) in [5.41, 5.74) is -0.200. The van der Waals surface area contributed by atoms with Crippen LogP contribution < -0.4 is 11.2 Å². The van der Waals surface area contributed by atoms with E-state index >= 15 is 0 Å². The molecule has 0 aliphatic heterocycles. The van der Waals surface area contributed by atoms with Gasteiger partial charge in [-0.1, -0.05) is 0 Å². The van der Waals surface area contributed by atoms with Crippen LogP contribution >= 0.6 is 11.3 Å². The Kier molecular flexibility index (Phi) is 3.38. The van der Waals surface area contributed by atoms with Crippen molar-refractivity contribution in [1.82, 2.24) is 14.1 Å². The first kappa shape index (κ1) is 14.2. The fraction of sp³-hybridized carbons (Fsp3) is 0.143. The van der Waals surface area contributed by atoms with Gasteiger partial charge in [0, 0.05) is 19.4 Å². The number of carboxylic acids is 1. The Bertz CT molecular complexity index is 985. The maximum Gasteiger partial charge on any atom is 0.345 e. The van der Waals surface area contributed by atoms with Gasteiger partial charge in [0.15, 0.2) is 0 Å². The molecule has 3 rings (SSSR count). The molecule has 0 bridgehead atoms. The second-order valence-electron chi connectivity index (χ2n) is 4.72. The molecule has 3 aromatic rings. The van der Waals surface area contributed by atoms with Crippen molar-refractivity contribution in [3.63, 3.8) is 0 Å². The van der Waals surface area contributed by atoms with Crippen LogP contribution in [0.5, 0.6) is 0 Å². The van der Waals surface area contributed by atoms with Crippen molar-refractivity contribution in [3.8, 4) is 0 Å². The second-order valence-corrected chi connectivity index (χ2v) is 5.75. The van der Waals surface area contributed by atoms with E-state index in [2.05, 4.69) is 4.98 Å². The third-order valence-corrected chi connectivity index (χ3v) is 4.51. The highest BCUT2D eigenvalue weighted by Gasteiger charge is 2.17. The van der Waals surface area contributed by atoms with Gasteiger partial charge in [0.05, 0.1) is 11.9 Å². The Morgan fingerprint density at radius 2 is 2.00 bits per heavy atom. The summed E-state index contributed by atoms with van der Waals surface area (Å²) in [7, 11) is 1.52. The Balaban J connectivity index is 2.25. The van der Waals surface area contributed by atoms with E-state index in [9.17, 15) is 14.4 Å². The van der Waals surface area contributed by atoms with E-state index in [1.807, 2.05) is 0 Å². The number of hydrogen-bond donors (Lipinski definition) is 1. The SMILES string of the molecule is Cn1c(=O)n(Cc2ccncc2)c(=O)c2cc(C(=O)O)sc21. The molecular weight excluding hydrogens is 306 g/mol. The number of thiophene rings is 1. The normalized spacial score (nSPS) is 11.0. The molecule has 22 heavy (non-hydrogen) atoms. The highest BCUT2D eigenvalue weighted by Crippen LogP contribution is 2.21. The van der Waals surface area contributed by atoms with Crippen LogP contribution in [-0.4, -0.2) is 25.2 Å². The first-order chi connectivity index (χ1) is 10.5. The number of carboxylic acid groups (broad SMARTS) is 1. The minimum Gasteiger partial charge on any atom is -0.477 e. The van der Waals surface area contributed by atoms with Crippen LogP contribution in [0.4, 0.5) is 0 Å². The lowest BCUT2D eigenvalue weighted by atomic mass is 10.2. The summed E-state index contributed by atoms with van der Waals surface area (Å²) in [4.78, 5) is 40.2. The monoisotopic (exact) mass is 317 g/mol. The number of nitrogens with zero attached hydrogens (tertiary/aromatic N) is 3. The Hall–Kier alpha value is -2.74. The van der Waals surface area contributed by atoms with E-state index in [-0.39, 0.29) is 16.8 Å². The van der Waals surface area contributed by atoms with Gasteiger partial charge in [0.2, 0.25) is 0 Å². The van der Waals surface area contributed by atoms with Crippen LogP contribution in [-0.2, 0) is 13.6 Å². The lowest BCUT2D eigenvalue weighted by Gasteiger charge is -2.08. The predicted octanol–water partition coefficient (Wildman–Crippen LogP) is 0.903. The van der Waals surface area contributed by atoms with Crippen molar-refractivity contribution in [2.45, 2.75) is 6.54 Å². The average molecular weight is 317 g/mol. The Labute approximate surface area is 127 Å². The largest absolute Gasteiger partial charge is 0.477 e. The smallest absolute Gasteiger partial charge is 0.345 e. The number of fused-ring (bicyclic) bond motifs is 1. The molecule has 8 heteroatoms. The summed E-state index contributed by atoms with van der Waals surface area (Å²) in [5.74, 6) is -1.12. The van der Waals surface area contributed by atoms with Gasteiger partial charge in [-0.3, -0.25) is 18.9 Å². The second kappa shape index (κ2) is 5.23. The number of aryl methyl sites for hydroxylation is 1. The van der Waals surface area contributed by atoms with E-state index in [1.54, 1.807) is 24.5 Å². The maximum absolute atomic E-state index is 12.5. The molecule has 0 amide bonds. The molecule has 0 aliphatic carbocycles. The van der Waals surface area contributed by atoms with E-state index in [0.29, 0.717) is 4.83 Å². The average Bonchev–Trinajstić information content (AvgIpc) is 2.96. The minimum atomic E-state index is -1.12. The predicted molar refractivity (Wildman–Crippen MR) is 81.6 cm³/mol. The van der Waals surface area contributed by atoms with Crippen LogP contribution in [0.3, 0.4) is 0 Å². The summed E-state index contributed by atoms with van der Waals surface area (Å²) in [5, 5.41) is 9.28. The quantitative estimate of drug-likeness (QED) is 0.774. The molecule has 0 aromatic carbocycles. The van der Waals surface area contributed by atoms with Crippen LogP contribution in [0.15, 0.2) is 40.2 Å². The molecule has 112 valence electrons. The molecule has 3 aromatic heterocycles. The topological polar surface area (TPSA) is 94.2 Å². The fourth-order valence-corrected chi connectivity index (χ4v) is 3.14. The molecular formula is C14H11N3O4S. The molecule has 0 unspecified atom stereocenters. The van der Waals surface area contributed by atoms with Gasteiger partial charge in [-0.2, -0.15) is 0 Å². The van der Waals surface area contributed by atoms with Gasteiger partial charge in [-0.25, -0.2) is 9.59 Å². The molecule has 0 saturated heterocycles. The summed E-state index contributed by atoms with van der Waals surface area (Å²) >= 11 is 0.915. The van der Waals surface area contributed by atoms with Crippen molar-refractivity contribution in [2.24, 2.45) is 7.05 Å². The van der Waals surface area contributed by atoms with Crippen LogP contribution in [0.2, 0.25) is 0 Å². The first-order valence-corrected chi connectivity index (χ1v) is 7.16. The molecule has 0 radical (unpaired) electrons. The van der Waals surface area contributed by atoms with Crippen molar-refractivity contribution >= 4 is 27.5 Å². The van der Waals surface area contributed by atoms with Crippen LogP contribution in [0.1, 0.15) is 15.2 Å². The minimum absolute atomic E-state index is 0.0313. The molecule has 0 atom stereocenters. The standard InChI is InChI=1S/C14H11N3O4S/c1-16-12-9(6-10(22-12)13(19)20)11(18)17(14(16)21)7-8-2-4-15-5-3-8/h2-6H,7H2,1H3,(H,19,20).